The van der Waals surface area contributed by atoms with Crippen LogP contribution in [0.15, 0.2) is 48.9 Å². The molecule has 6 rings (SSSR count). The minimum atomic E-state index is 0.0373. The summed E-state index contributed by atoms with van der Waals surface area (Å²) in [5, 5.41) is 0. The van der Waals surface area contributed by atoms with Crippen molar-refractivity contribution in [2.75, 3.05) is 19.6 Å². The Balaban J connectivity index is 1.53. The second kappa shape index (κ2) is 5.92. The first-order valence-corrected chi connectivity index (χ1v) is 9.19. The van der Waals surface area contributed by atoms with Gasteiger partial charge in [0.15, 0.2) is 0 Å². The Morgan fingerprint density at radius 2 is 1.84 bits per heavy atom. The molecule has 4 saturated heterocycles. The van der Waals surface area contributed by atoms with Gasteiger partial charge in [-0.25, -0.2) is 4.98 Å². The van der Waals surface area contributed by atoms with E-state index in [1.807, 2.05) is 0 Å². The molecule has 3 atom stereocenters. The Bertz CT molecular complexity index is 758. The Hall–Kier alpha value is -2.27. The van der Waals surface area contributed by atoms with Gasteiger partial charge in [0.05, 0.1) is 12.2 Å². The number of fused-ring (bicyclic) bond motifs is 2. The van der Waals surface area contributed by atoms with Gasteiger partial charge in [-0.15, -0.1) is 0 Å². The van der Waals surface area contributed by atoms with Gasteiger partial charge in [-0.2, -0.15) is 0 Å². The molecule has 25 heavy (non-hydrogen) atoms. The molecule has 2 aromatic rings. The molecule has 2 bridgehead atoms. The minimum Gasteiger partial charge on any atom is -0.332 e. The second-order valence-corrected chi connectivity index (χ2v) is 7.42. The molecule has 0 unspecified atom stereocenters. The zero-order valence-electron chi connectivity index (χ0n) is 14.2. The first-order valence-electron chi connectivity index (χ1n) is 9.19. The Morgan fingerprint density at radius 1 is 1.04 bits per heavy atom. The van der Waals surface area contributed by atoms with Crippen molar-refractivity contribution in [1.82, 2.24) is 19.8 Å². The van der Waals surface area contributed by atoms with Gasteiger partial charge in [-0.3, -0.25) is 14.7 Å². The molecule has 0 N–H and O–H groups in total. The molecule has 5 heteroatoms. The van der Waals surface area contributed by atoms with Crippen LogP contribution in [0, 0.1) is 5.92 Å². The van der Waals surface area contributed by atoms with Crippen LogP contribution in [-0.4, -0.2) is 57.4 Å². The molecule has 0 spiro atoms. The van der Waals surface area contributed by atoms with Crippen LogP contribution in [-0.2, 0) is 0 Å². The fourth-order valence-electron chi connectivity index (χ4n) is 5.20. The molecule has 5 heterocycles. The summed E-state index contributed by atoms with van der Waals surface area (Å²) in [6.07, 6.45) is 7.21. The predicted octanol–water partition coefficient (Wildman–Crippen LogP) is 2.18. The molecular weight excluding hydrogens is 312 g/mol. The van der Waals surface area contributed by atoms with Crippen molar-refractivity contribution in [3.05, 3.63) is 60.2 Å². The molecule has 4 aliphatic heterocycles. The number of likely N-dealkylation sites (tertiary alicyclic amines) is 1. The third-order valence-electron chi connectivity index (χ3n) is 6.27. The number of hydrogen-bond donors (Lipinski definition) is 0. The van der Waals surface area contributed by atoms with Gasteiger partial charge in [0.2, 0.25) is 0 Å². The predicted molar refractivity (Wildman–Crippen MR) is 94.1 cm³/mol. The van der Waals surface area contributed by atoms with E-state index in [1.54, 1.807) is 18.6 Å². The van der Waals surface area contributed by atoms with E-state index in [0.717, 1.165) is 6.54 Å². The molecular formula is C20H22N4O. The van der Waals surface area contributed by atoms with Crippen LogP contribution in [0.3, 0.4) is 0 Å². The molecule has 0 saturated carbocycles. The van der Waals surface area contributed by atoms with Crippen molar-refractivity contribution in [2.24, 2.45) is 5.92 Å². The highest BCUT2D eigenvalue weighted by atomic mass is 16.2. The van der Waals surface area contributed by atoms with Crippen LogP contribution in [0.25, 0.3) is 0 Å². The number of benzene rings is 1. The van der Waals surface area contributed by atoms with Gasteiger partial charge in [0, 0.05) is 30.9 Å². The van der Waals surface area contributed by atoms with Crippen LogP contribution in [0.5, 0.6) is 0 Å². The molecule has 1 amide bonds. The van der Waals surface area contributed by atoms with Crippen LogP contribution in [0.1, 0.15) is 34.8 Å². The smallest absolute Gasteiger partial charge is 0.274 e. The second-order valence-electron chi connectivity index (χ2n) is 7.42. The number of aromatic nitrogens is 2. The minimum absolute atomic E-state index is 0.0373. The number of hydrogen-bond acceptors (Lipinski definition) is 4. The molecule has 128 valence electrons. The Kier molecular flexibility index (Phi) is 3.55. The van der Waals surface area contributed by atoms with Crippen molar-refractivity contribution in [3.8, 4) is 0 Å². The normalized spacial score (nSPS) is 33.3. The van der Waals surface area contributed by atoms with E-state index in [1.165, 1.54) is 31.5 Å². The Morgan fingerprint density at radius 3 is 2.56 bits per heavy atom. The summed E-state index contributed by atoms with van der Waals surface area (Å²) < 4.78 is 0. The van der Waals surface area contributed by atoms with Crippen LogP contribution in [0.4, 0.5) is 0 Å². The molecule has 4 aliphatic rings. The van der Waals surface area contributed by atoms with E-state index >= 15 is 0 Å². The van der Waals surface area contributed by atoms with Crippen LogP contribution in [0.2, 0.25) is 0 Å². The van der Waals surface area contributed by atoms with Crippen molar-refractivity contribution in [3.63, 3.8) is 0 Å². The maximum atomic E-state index is 13.2. The lowest BCUT2D eigenvalue weighted by Gasteiger charge is -2.51. The molecule has 0 radical (unpaired) electrons. The maximum Gasteiger partial charge on any atom is 0.274 e. The lowest BCUT2D eigenvalue weighted by molar-refractivity contribution is -0.00359. The van der Waals surface area contributed by atoms with E-state index in [0.29, 0.717) is 29.6 Å². The quantitative estimate of drug-likeness (QED) is 0.845. The van der Waals surface area contributed by atoms with E-state index < -0.39 is 0 Å². The third kappa shape index (κ3) is 2.37. The average Bonchev–Trinajstić information content (AvgIpc) is 3.12. The summed E-state index contributed by atoms with van der Waals surface area (Å²) in [5.41, 5.74) is 1.81. The number of nitrogens with zero attached hydrogens (tertiary/aromatic N) is 4. The zero-order chi connectivity index (χ0) is 16.8. The number of rotatable bonds is 2. The maximum absolute atomic E-state index is 13.2. The van der Waals surface area contributed by atoms with Gasteiger partial charge in [-0.05, 0) is 37.4 Å². The topological polar surface area (TPSA) is 49.3 Å². The van der Waals surface area contributed by atoms with Crippen molar-refractivity contribution < 1.29 is 4.79 Å². The summed E-state index contributed by atoms with van der Waals surface area (Å²) in [5.74, 6) is 1.04. The molecule has 0 aliphatic carbocycles. The number of amides is 1. The van der Waals surface area contributed by atoms with Gasteiger partial charge in [0.25, 0.3) is 5.91 Å². The van der Waals surface area contributed by atoms with Crippen LogP contribution >= 0.6 is 0 Å². The average molecular weight is 334 g/mol. The van der Waals surface area contributed by atoms with Gasteiger partial charge in [-0.1, -0.05) is 30.3 Å². The van der Waals surface area contributed by atoms with Gasteiger partial charge in [0.1, 0.15) is 5.69 Å². The Labute approximate surface area is 147 Å². The highest BCUT2D eigenvalue weighted by molar-refractivity contribution is 5.92. The first kappa shape index (κ1) is 15.0. The highest BCUT2D eigenvalue weighted by Gasteiger charge is 2.54. The first-order chi connectivity index (χ1) is 12.3. The SMILES string of the molecule is O=C(c1cnccn1)N1C[C@@H](c2ccccc2)[C@@H]2[C@H]1C1CCN2CC1. The van der Waals surface area contributed by atoms with E-state index in [9.17, 15) is 4.79 Å². The summed E-state index contributed by atoms with van der Waals surface area (Å²) in [6, 6.07) is 11.4. The van der Waals surface area contributed by atoms with Crippen molar-refractivity contribution in [1.29, 1.82) is 0 Å². The fourth-order valence-corrected chi connectivity index (χ4v) is 5.20. The molecule has 4 fully saturated rings. The number of carbonyl (C=O) groups excluding carboxylic acids is 1. The largest absolute Gasteiger partial charge is 0.332 e. The van der Waals surface area contributed by atoms with Crippen molar-refractivity contribution in [2.45, 2.75) is 30.8 Å². The number of carbonyl (C=O) groups is 1. The lowest BCUT2D eigenvalue weighted by atomic mass is 9.75. The van der Waals surface area contributed by atoms with E-state index in [-0.39, 0.29) is 5.91 Å². The lowest BCUT2D eigenvalue weighted by Crippen LogP contribution is -2.60. The summed E-state index contributed by atoms with van der Waals surface area (Å²) in [6.45, 7) is 3.12. The molecule has 5 nitrogen and oxygen atoms in total. The standard InChI is InChI=1S/C20H22N4O/c25-20(17-12-21-8-9-22-17)24-13-16(14-4-2-1-3-5-14)19-18(24)15-6-10-23(19)11-7-15/h1-5,8-9,12,15-16,18-19H,6-7,10-11,13H2/t16-,18+,19+/m0/s1. The fraction of sp³-hybridized carbons (Fsp3) is 0.450. The van der Waals surface area contributed by atoms with Crippen LogP contribution < -0.4 is 0 Å². The molecule has 1 aromatic carbocycles. The van der Waals surface area contributed by atoms with E-state index in [2.05, 4.69) is 50.1 Å². The third-order valence-corrected chi connectivity index (χ3v) is 6.27. The van der Waals surface area contributed by atoms with Crippen molar-refractivity contribution >= 4 is 5.91 Å². The van der Waals surface area contributed by atoms with E-state index in [4.69, 9.17) is 0 Å². The monoisotopic (exact) mass is 334 g/mol. The molecule has 1 aromatic heterocycles. The van der Waals surface area contributed by atoms with Gasteiger partial charge >= 0.3 is 0 Å². The summed E-state index contributed by atoms with van der Waals surface area (Å²) in [4.78, 5) is 26.2. The summed E-state index contributed by atoms with van der Waals surface area (Å²) >= 11 is 0. The highest BCUT2D eigenvalue weighted by Crippen LogP contribution is 2.46. The van der Waals surface area contributed by atoms with Gasteiger partial charge < -0.3 is 4.90 Å². The summed E-state index contributed by atoms with van der Waals surface area (Å²) in [7, 11) is 0. The zero-order valence-corrected chi connectivity index (χ0v) is 14.2. The number of piperidine rings is 3.